The van der Waals surface area contributed by atoms with Crippen LogP contribution in [-0.2, 0) is 54.1 Å². The highest BCUT2D eigenvalue weighted by Gasteiger charge is 2.43. The molecule has 1 fully saturated rings. The molecule has 67 heavy (non-hydrogen) atoms. The molecule has 0 radical (unpaired) electrons. The highest BCUT2D eigenvalue weighted by molar-refractivity contribution is 7.09. The van der Waals surface area contributed by atoms with Crippen LogP contribution >= 0.6 is 11.3 Å². The first-order valence-electron chi connectivity index (χ1n) is 24.0. The Balaban J connectivity index is 1.68. The van der Waals surface area contributed by atoms with Crippen LogP contribution in [0.2, 0.25) is 0 Å². The first-order chi connectivity index (χ1) is 32.1. The molecule has 0 spiro atoms. The molecule has 9 atom stereocenters. The minimum absolute atomic E-state index is 0.0203. The number of amides is 4. The number of aromatic nitrogens is 1. The van der Waals surface area contributed by atoms with E-state index in [2.05, 4.69) is 27.4 Å². The van der Waals surface area contributed by atoms with Gasteiger partial charge in [-0.15, -0.1) is 11.3 Å². The van der Waals surface area contributed by atoms with Crippen molar-refractivity contribution in [1.82, 2.24) is 30.3 Å². The minimum Gasteiger partial charge on any atom is -0.379 e. The number of nitrogens with zero attached hydrogens (tertiary/aromatic N) is 4. The van der Waals surface area contributed by atoms with Gasteiger partial charge >= 0.3 is 0 Å². The number of likely N-dealkylation sites (tertiary alicyclic amines) is 1. The van der Waals surface area contributed by atoms with Gasteiger partial charge in [-0.25, -0.2) is 10.9 Å². The SMILES string of the molecule is CC[C@H](C)C([C@@H](CC(=O)N1CCC[C@H]1[C@H](OC)[C@@H](C)C(=O)N[C@@H](Cc1ccccc1)c1nccs1)OC)N(C)C(=O)[C@@H](NC(=O)[C@H](C(C)C)N(C)CCOCCOCCOCCON)C(C)C. The highest BCUT2D eigenvalue weighted by Crippen LogP contribution is 2.31. The molecule has 17 nitrogen and oxygen atoms in total. The number of nitrogens with one attached hydrogen (secondary N) is 2. The van der Waals surface area contributed by atoms with Crippen LogP contribution < -0.4 is 16.5 Å². The molecule has 1 aliphatic rings. The molecule has 1 unspecified atom stereocenters. The monoisotopic (exact) mass is 962 g/mol. The van der Waals surface area contributed by atoms with E-state index < -0.39 is 36.3 Å². The smallest absolute Gasteiger partial charge is 0.245 e. The summed E-state index contributed by atoms with van der Waals surface area (Å²) in [4.78, 5) is 71.6. The Hall–Kier alpha value is -3.59. The molecule has 2 heterocycles. The first kappa shape index (κ1) is 57.7. The third-order valence-electron chi connectivity index (χ3n) is 12.9. The standard InChI is InChI=1S/C49H83N7O10S/c1-12-35(6)44(55(9)49(60)42(33(2)3)53-47(59)43(34(4)5)54(8)22-23-63-24-25-64-26-27-65-28-29-66-50)40(61-10)32-41(57)56-21-16-19-39(56)45(62-11)36(7)46(58)52-38(48-51-20-30-67-48)31-37-17-14-13-15-18-37/h13-15,17-18,20,30,33-36,38-40,42-45H,12,16,19,21-29,31-32,50H2,1-11H3,(H,52,58)(H,53,59)/t35-,36+,38-,39-,40+,42-,43-,44?,45+/m0/s1. The summed E-state index contributed by atoms with van der Waals surface area (Å²) in [6.45, 7) is 17.6. The predicted octanol–water partition coefficient (Wildman–Crippen LogP) is 4.50. The zero-order chi connectivity index (χ0) is 49.5. The number of methoxy groups -OCH3 is 2. The summed E-state index contributed by atoms with van der Waals surface area (Å²) in [6, 6.07) is 7.52. The summed E-state index contributed by atoms with van der Waals surface area (Å²) in [5, 5.41) is 9.07. The van der Waals surface area contributed by atoms with E-state index in [0.29, 0.717) is 72.2 Å². The van der Waals surface area contributed by atoms with Crippen molar-refractivity contribution in [2.45, 2.75) is 123 Å². The fraction of sp³-hybridized carbons (Fsp3) is 0.735. The Bertz CT molecular complexity index is 1710. The van der Waals surface area contributed by atoms with Crippen LogP contribution in [0.25, 0.3) is 0 Å². The number of ether oxygens (including phenoxy) is 5. The third-order valence-corrected chi connectivity index (χ3v) is 13.8. The number of likely N-dealkylation sites (N-methyl/N-ethyl adjacent to an activating group) is 2. The van der Waals surface area contributed by atoms with Crippen molar-refractivity contribution in [3.05, 3.63) is 52.5 Å². The second-order valence-electron chi connectivity index (χ2n) is 18.3. The number of nitrogens with two attached hydrogens (primary N) is 1. The maximum atomic E-state index is 14.6. The molecule has 2 aromatic rings. The van der Waals surface area contributed by atoms with Gasteiger partial charge in [0.2, 0.25) is 23.6 Å². The lowest BCUT2D eigenvalue weighted by Gasteiger charge is -2.41. The second-order valence-corrected chi connectivity index (χ2v) is 19.2. The zero-order valence-corrected chi connectivity index (χ0v) is 43.0. The largest absolute Gasteiger partial charge is 0.379 e. The first-order valence-corrected chi connectivity index (χ1v) is 24.9. The molecule has 1 aromatic carbocycles. The van der Waals surface area contributed by atoms with Gasteiger partial charge in [0.05, 0.1) is 95.0 Å². The van der Waals surface area contributed by atoms with Gasteiger partial charge in [0, 0.05) is 45.9 Å². The number of rotatable bonds is 33. The molecule has 4 amide bonds. The van der Waals surface area contributed by atoms with E-state index in [0.717, 1.165) is 23.4 Å². The second kappa shape index (κ2) is 30.8. The summed E-state index contributed by atoms with van der Waals surface area (Å²) in [5.74, 6) is 3.27. The predicted molar refractivity (Wildman–Crippen MR) is 260 cm³/mol. The van der Waals surface area contributed by atoms with E-state index in [1.54, 1.807) is 32.4 Å². The molecule has 0 bridgehead atoms. The van der Waals surface area contributed by atoms with Crippen LogP contribution in [0.1, 0.15) is 90.8 Å². The van der Waals surface area contributed by atoms with E-state index in [9.17, 15) is 19.2 Å². The van der Waals surface area contributed by atoms with Gasteiger partial charge in [-0.1, -0.05) is 85.2 Å². The van der Waals surface area contributed by atoms with Crippen LogP contribution in [0.4, 0.5) is 0 Å². The van der Waals surface area contributed by atoms with E-state index in [1.165, 1.54) is 11.3 Å². The van der Waals surface area contributed by atoms with Gasteiger partial charge in [0.1, 0.15) is 11.0 Å². The number of carbonyl (C=O) groups is 4. The Labute approximate surface area is 404 Å². The third kappa shape index (κ3) is 18.0. The molecule has 1 aliphatic heterocycles. The van der Waals surface area contributed by atoms with Gasteiger partial charge in [-0.05, 0) is 49.6 Å². The van der Waals surface area contributed by atoms with Crippen molar-refractivity contribution in [3.8, 4) is 0 Å². The lowest BCUT2D eigenvalue weighted by Crippen LogP contribution is -2.60. The van der Waals surface area contributed by atoms with Crippen LogP contribution in [0, 0.1) is 23.7 Å². The lowest BCUT2D eigenvalue weighted by atomic mass is 9.89. The maximum Gasteiger partial charge on any atom is 0.245 e. The molecule has 3 rings (SSSR count). The summed E-state index contributed by atoms with van der Waals surface area (Å²) >= 11 is 1.50. The molecule has 380 valence electrons. The quantitative estimate of drug-likeness (QED) is 0.0669. The topological polar surface area (TPSA) is 196 Å². The normalized spacial score (nSPS) is 17.8. The lowest BCUT2D eigenvalue weighted by molar-refractivity contribution is -0.148. The molecular weight excluding hydrogens is 879 g/mol. The van der Waals surface area contributed by atoms with Gasteiger partial charge in [-0.3, -0.25) is 24.1 Å². The van der Waals surface area contributed by atoms with Crippen molar-refractivity contribution < 1.29 is 47.7 Å². The molecule has 0 saturated carbocycles. The molecule has 1 saturated heterocycles. The van der Waals surface area contributed by atoms with E-state index in [4.69, 9.17) is 29.6 Å². The van der Waals surface area contributed by atoms with E-state index >= 15 is 0 Å². The van der Waals surface area contributed by atoms with Gasteiger partial charge in [0.25, 0.3) is 0 Å². The fourth-order valence-corrected chi connectivity index (χ4v) is 9.74. The zero-order valence-electron chi connectivity index (χ0n) is 42.1. The summed E-state index contributed by atoms with van der Waals surface area (Å²) < 4.78 is 28.8. The number of benzene rings is 1. The van der Waals surface area contributed by atoms with Gasteiger partial charge < -0.3 is 49.0 Å². The van der Waals surface area contributed by atoms with Crippen LogP contribution in [0.3, 0.4) is 0 Å². The fourth-order valence-electron chi connectivity index (χ4n) is 9.05. The Morgan fingerprint density at radius 3 is 2.06 bits per heavy atom. The Kier molecular flexibility index (Phi) is 26.5. The number of hydrogen-bond acceptors (Lipinski definition) is 14. The molecule has 1 aromatic heterocycles. The van der Waals surface area contributed by atoms with Gasteiger partial charge in [0.15, 0.2) is 0 Å². The van der Waals surface area contributed by atoms with Gasteiger partial charge in [-0.2, -0.15) is 0 Å². The molecule has 4 N–H and O–H groups in total. The van der Waals surface area contributed by atoms with Crippen molar-refractivity contribution in [2.24, 2.45) is 29.6 Å². The average molecular weight is 962 g/mol. The number of hydrogen-bond donors (Lipinski definition) is 3. The van der Waals surface area contributed by atoms with Crippen LogP contribution in [0.5, 0.6) is 0 Å². The summed E-state index contributed by atoms with van der Waals surface area (Å²) in [5.41, 5.74) is 1.08. The van der Waals surface area contributed by atoms with Crippen molar-refractivity contribution in [3.63, 3.8) is 0 Å². The average Bonchev–Trinajstić information content (AvgIpc) is 4.03. The van der Waals surface area contributed by atoms with E-state index in [-0.39, 0.29) is 59.9 Å². The van der Waals surface area contributed by atoms with Crippen LogP contribution in [-0.4, -0.2) is 167 Å². The summed E-state index contributed by atoms with van der Waals surface area (Å²) in [7, 11) is 6.79. The molecular formula is C49H83N7O10S. The van der Waals surface area contributed by atoms with Crippen molar-refractivity contribution in [1.29, 1.82) is 0 Å². The van der Waals surface area contributed by atoms with E-state index in [1.807, 2.05) is 94.1 Å². The molecule has 0 aliphatic carbocycles. The highest BCUT2D eigenvalue weighted by atomic mass is 32.1. The molecule has 18 heteroatoms. The minimum atomic E-state index is -0.826. The summed E-state index contributed by atoms with van der Waals surface area (Å²) in [6.07, 6.45) is 3.30. The van der Waals surface area contributed by atoms with Crippen LogP contribution in [0.15, 0.2) is 41.9 Å². The van der Waals surface area contributed by atoms with Crippen molar-refractivity contribution >= 4 is 35.0 Å². The maximum absolute atomic E-state index is 14.6. The Morgan fingerprint density at radius 2 is 1.51 bits per heavy atom. The number of thiazole rings is 1. The Morgan fingerprint density at radius 1 is 0.866 bits per heavy atom. The number of carbonyl (C=O) groups excluding carboxylic acids is 4. The van der Waals surface area contributed by atoms with Crippen molar-refractivity contribution in [2.75, 3.05) is 87.7 Å².